The van der Waals surface area contributed by atoms with E-state index in [-0.39, 0.29) is 11.9 Å². The summed E-state index contributed by atoms with van der Waals surface area (Å²) in [5.41, 5.74) is 1.19. The van der Waals surface area contributed by atoms with E-state index in [2.05, 4.69) is 12.2 Å². The molecule has 0 spiro atoms. The molecule has 1 N–H and O–H groups in total. The number of ether oxygens (including phenoxy) is 1. The van der Waals surface area contributed by atoms with E-state index in [9.17, 15) is 4.79 Å². The molecule has 2 fully saturated rings. The van der Waals surface area contributed by atoms with Crippen LogP contribution in [0.4, 0.5) is 0 Å². The molecule has 3 rings (SSSR count). The Morgan fingerprint density at radius 1 is 1.18 bits per heavy atom. The first kappa shape index (κ1) is 15.4. The normalized spacial score (nSPS) is 29.1. The van der Waals surface area contributed by atoms with Gasteiger partial charge in [-0.25, -0.2) is 0 Å². The summed E-state index contributed by atoms with van der Waals surface area (Å²) in [6.45, 7) is 6.02. The van der Waals surface area contributed by atoms with E-state index >= 15 is 0 Å². The van der Waals surface area contributed by atoms with Crippen molar-refractivity contribution >= 4 is 5.91 Å². The Balaban J connectivity index is 1.51. The van der Waals surface area contributed by atoms with E-state index in [1.807, 2.05) is 38.1 Å². The highest BCUT2D eigenvalue weighted by atomic mass is 16.5. The first-order valence-corrected chi connectivity index (χ1v) is 8.56. The number of hydrogen-bond acceptors (Lipinski definition) is 2. The zero-order valence-electron chi connectivity index (χ0n) is 13.8. The van der Waals surface area contributed by atoms with Crippen molar-refractivity contribution in [3.8, 4) is 5.75 Å². The van der Waals surface area contributed by atoms with Crippen molar-refractivity contribution in [1.82, 2.24) is 5.32 Å². The van der Waals surface area contributed by atoms with E-state index in [0.717, 1.165) is 17.6 Å². The highest BCUT2D eigenvalue weighted by Gasteiger charge is 2.42. The Bertz CT molecular complexity index is 525. The minimum atomic E-state index is -0.455. The largest absolute Gasteiger partial charge is 0.481 e. The molecule has 0 heterocycles. The van der Waals surface area contributed by atoms with Crippen molar-refractivity contribution < 1.29 is 9.53 Å². The highest BCUT2D eigenvalue weighted by molar-refractivity contribution is 5.81. The second-order valence-electron chi connectivity index (χ2n) is 7.21. The van der Waals surface area contributed by atoms with Crippen LogP contribution in [0.1, 0.15) is 45.1 Å². The van der Waals surface area contributed by atoms with Gasteiger partial charge in [0.05, 0.1) is 0 Å². The van der Waals surface area contributed by atoms with E-state index in [1.165, 1.54) is 31.2 Å². The summed E-state index contributed by atoms with van der Waals surface area (Å²) in [5.74, 6) is 3.15. The average molecular weight is 301 g/mol. The Labute approximate surface area is 133 Å². The average Bonchev–Trinajstić information content (AvgIpc) is 3.12. The number of rotatable bonds is 5. The van der Waals surface area contributed by atoms with Gasteiger partial charge >= 0.3 is 0 Å². The van der Waals surface area contributed by atoms with Crippen molar-refractivity contribution in [3.63, 3.8) is 0 Å². The van der Waals surface area contributed by atoms with Gasteiger partial charge in [0.1, 0.15) is 5.75 Å². The molecule has 2 aliphatic rings. The number of carbonyl (C=O) groups is 1. The van der Waals surface area contributed by atoms with Crippen LogP contribution >= 0.6 is 0 Å². The molecule has 0 unspecified atom stereocenters. The second-order valence-corrected chi connectivity index (χ2v) is 7.21. The molecule has 0 aromatic heterocycles. The number of nitrogens with one attached hydrogen (secondary N) is 1. The lowest BCUT2D eigenvalue weighted by Gasteiger charge is -2.29. The molecule has 2 aliphatic carbocycles. The number of carbonyl (C=O) groups excluding carboxylic acids is 1. The molecule has 2 saturated carbocycles. The number of aryl methyl sites for hydroxylation is 1. The lowest BCUT2D eigenvalue weighted by atomic mass is 9.84. The van der Waals surface area contributed by atoms with Gasteiger partial charge in [-0.2, -0.15) is 0 Å². The molecular formula is C19H27NO2. The van der Waals surface area contributed by atoms with Gasteiger partial charge in [0.2, 0.25) is 0 Å². The first-order chi connectivity index (χ1) is 10.5. The second kappa shape index (κ2) is 6.31. The zero-order chi connectivity index (χ0) is 15.7. The minimum Gasteiger partial charge on any atom is -0.481 e. The number of fused-ring (bicyclic) bond motifs is 2. The van der Waals surface area contributed by atoms with Crippen LogP contribution in [0.2, 0.25) is 0 Å². The van der Waals surface area contributed by atoms with Gasteiger partial charge in [-0.15, -0.1) is 0 Å². The highest BCUT2D eigenvalue weighted by Crippen LogP contribution is 2.49. The fourth-order valence-electron chi connectivity index (χ4n) is 4.23. The van der Waals surface area contributed by atoms with Gasteiger partial charge in [-0.05, 0) is 69.9 Å². The third-order valence-electron chi connectivity index (χ3n) is 5.51. The van der Waals surface area contributed by atoms with Crippen LogP contribution in [-0.2, 0) is 4.79 Å². The Kier molecular flexibility index (Phi) is 4.42. The zero-order valence-corrected chi connectivity index (χ0v) is 13.8. The van der Waals surface area contributed by atoms with E-state index in [0.29, 0.717) is 5.92 Å². The molecule has 0 saturated heterocycles. The SMILES string of the molecule is Cc1ccc(O[C@H](C)C(=O)N[C@H](C)[C@@H]2C[C@H]3CC[C@H]2C3)cc1. The van der Waals surface area contributed by atoms with Crippen LogP contribution in [0.5, 0.6) is 5.75 Å². The standard InChI is InChI=1S/C19H27NO2/c1-12-4-8-17(9-5-12)22-14(3)19(21)20-13(2)18-11-15-6-7-16(18)10-15/h4-5,8-9,13-16,18H,6-7,10-11H2,1-3H3,(H,20,21)/t13-,14-,15+,16+,18+/m1/s1. The fourth-order valence-corrected chi connectivity index (χ4v) is 4.23. The molecule has 2 bridgehead atoms. The Hall–Kier alpha value is -1.51. The van der Waals surface area contributed by atoms with Gasteiger partial charge in [-0.3, -0.25) is 4.79 Å². The lowest BCUT2D eigenvalue weighted by molar-refractivity contribution is -0.128. The van der Waals surface area contributed by atoms with Crippen molar-refractivity contribution in [1.29, 1.82) is 0 Å². The molecule has 3 heteroatoms. The molecule has 1 aromatic carbocycles. The van der Waals surface area contributed by atoms with E-state index < -0.39 is 6.10 Å². The lowest BCUT2D eigenvalue weighted by Crippen LogP contribution is -2.45. The molecule has 0 aliphatic heterocycles. The summed E-state index contributed by atoms with van der Waals surface area (Å²) in [5, 5.41) is 3.17. The molecule has 1 amide bonds. The monoisotopic (exact) mass is 301 g/mol. The summed E-state index contributed by atoms with van der Waals surface area (Å²) >= 11 is 0. The van der Waals surface area contributed by atoms with Gasteiger partial charge in [0.25, 0.3) is 5.91 Å². The maximum absolute atomic E-state index is 12.4. The smallest absolute Gasteiger partial charge is 0.260 e. The summed E-state index contributed by atoms with van der Waals surface area (Å²) < 4.78 is 5.74. The van der Waals surface area contributed by atoms with Crippen LogP contribution in [0, 0.1) is 24.7 Å². The molecule has 120 valence electrons. The fraction of sp³-hybridized carbons (Fsp3) is 0.632. The number of hydrogen-bond donors (Lipinski definition) is 1. The van der Waals surface area contributed by atoms with Crippen LogP contribution < -0.4 is 10.1 Å². The van der Waals surface area contributed by atoms with Gasteiger partial charge in [0.15, 0.2) is 6.10 Å². The van der Waals surface area contributed by atoms with E-state index in [4.69, 9.17) is 4.74 Å². The molecule has 0 radical (unpaired) electrons. The van der Waals surface area contributed by atoms with Crippen molar-refractivity contribution in [2.24, 2.45) is 17.8 Å². The van der Waals surface area contributed by atoms with Crippen molar-refractivity contribution in [2.75, 3.05) is 0 Å². The van der Waals surface area contributed by atoms with Crippen LogP contribution in [0.15, 0.2) is 24.3 Å². The van der Waals surface area contributed by atoms with Gasteiger partial charge in [-0.1, -0.05) is 24.1 Å². The third kappa shape index (κ3) is 3.29. The number of benzene rings is 1. The first-order valence-electron chi connectivity index (χ1n) is 8.56. The quantitative estimate of drug-likeness (QED) is 0.900. The molecule has 5 atom stereocenters. The van der Waals surface area contributed by atoms with Crippen LogP contribution in [0.3, 0.4) is 0 Å². The summed E-state index contributed by atoms with van der Waals surface area (Å²) in [4.78, 5) is 12.4. The maximum atomic E-state index is 12.4. The summed E-state index contributed by atoms with van der Waals surface area (Å²) in [7, 11) is 0. The summed E-state index contributed by atoms with van der Waals surface area (Å²) in [6, 6.07) is 8.08. The van der Waals surface area contributed by atoms with Crippen LogP contribution in [0.25, 0.3) is 0 Å². The van der Waals surface area contributed by atoms with Crippen LogP contribution in [-0.4, -0.2) is 18.1 Å². The summed E-state index contributed by atoms with van der Waals surface area (Å²) in [6.07, 6.45) is 4.96. The number of amides is 1. The van der Waals surface area contributed by atoms with E-state index in [1.54, 1.807) is 0 Å². The predicted octanol–water partition coefficient (Wildman–Crippen LogP) is 3.70. The topological polar surface area (TPSA) is 38.3 Å². The third-order valence-corrected chi connectivity index (χ3v) is 5.51. The predicted molar refractivity (Wildman–Crippen MR) is 87.8 cm³/mol. The Morgan fingerprint density at radius 2 is 1.91 bits per heavy atom. The molecule has 1 aromatic rings. The van der Waals surface area contributed by atoms with Crippen molar-refractivity contribution in [3.05, 3.63) is 29.8 Å². The Morgan fingerprint density at radius 3 is 2.50 bits per heavy atom. The minimum absolute atomic E-state index is 0.00384. The van der Waals surface area contributed by atoms with Crippen molar-refractivity contribution in [2.45, 2.75) is 58.6 Å². The molecule has 22 heavy (non-hydrogen) atoms. The molecular weight excluding hydrogens is 274 g/mol. The van der Waals surface area contributed by atoms with Gasteiger partial charge < -0.3 is 10.1 Å². The maximum Gasteiger partial charge on any atom is 0.260 e. The van der Waals surface area contributed by atoms with Gasteiger partial charge in [0, 0.05) is 6.04 Å². The molecule has 3 nitrogen and oxygen atoms in total.